The number of rotatable bonds is 3. The van der Waals surface area contributed by atoms with Gasteiger partial charge in [-0.3, -0.25) is 0 Å². The van der Waals surface area contributed by atoms with Crippen molar-refractivity contribution in [2.45, 2.75) is 18.4 Å². The minimum absolute atomic E-state index is 0.201. The van der Waals surface area contributed by atoms with E-state index in [4.69, 9.17) is 15.2 Å². The van der Waals surface area contributed by atoms with Crippen molar-refractivity contribution in [3.63, 3.8) is 0 Å². The number of benzene rings is 1. The van der Waals surface area contributed by atoms with Gasteiger partial charge in [-0.25, -0.2) is 4.39 Å². The molecule has 1 aromatic rings. The highest BCUT2D eigenvalue weighted by Gasteiger charge is 2.46. The Morgan fingerprint density at radius 1 is 1.38 bits per heavy atom. The van der Waals surface area contributed by atoms with Gasteiger partial charge in [-0.05, 0) is 12.8 Å². The summed E-state index contributed by atoms with van der Waals surface area (Å²) in [5, 5.41) is 9.46. The Hall–Kier alpha value is -1.49. The van der Waals surface area contributed by atoms with E-state index in [1.807, 2.05) is 0 Å². The summed E-state index contributed by atoms with van der Waals surface area (Å²) in [6.07, 6.45) is 1.35. The lowest BCUT2D eigenvalue weighted by Crippen LogP contribution is -2.21. The van der Waals surface area contributed by atoms with Crippen molar-refractivity contribution in [1.29, 1.82) is 0 Å². The molecule has 0 amide bonds. The van der Waals surface area contributed by atoms with E-state index >= 15 is 0 Å². The summed E-state index contributed by atoms with van der Waals surface area (Å²) in [5.74, 6) is -0.645. The van der Waals surface area contributed by atoms with Gasteiger partial charge in [-0.15, -0.1) is 0 Å². The van der Waals surface area contributed by atoms with Gasteiger partial charge in [0.25, 0.3) is 0 Å². The van der Waals surface area contributed by atoms with Gasteiger partial charge in [0, 0.05) is 11.6 Å². The number of aromatic hydroxyl groups is 1. The lowest BCUT2D eigenvalue weighted by Gasteiger charge is -2.18. The van der Waals surface area contributed by atoms with Crippen molar-refractivity contribution < 1.29 is 19.0 Å². The Kier molecular flexibility index (Phi) is 2.42. The van der Waals surface area contributed by atoms with Crippen molar-refractivity contribution in [1.82, 2.24) is 0 Å². The molecule has 0 atom stereocenters. The second-order valence-electron chi connectivity index (χ2n) is 3.98. The molecule has 0 saturated heterocycles. The van der Waals surface area contributed by atoms with Gasteiger partial charge in [0.05, 0.1) is 19.8 Å². The summed E-state index contributed by atoms with van der Waals surface area (Å²) < 4.78 is 24.0. The summed E-state index contributed by atoms with van der Waals surface area (Å²) >= 11 is 0. The molecule has 0 radical (unpaired) electrons. The molecular formula is C11H14FNO3. The Bertz CT molecular complexity index is 430. The summed E-state index contributed by atoms with van der Waals surface area (Å²) in [7, 11) is 2.85. The van der Waals surface area contributed by atoms with Crippen LogP contribution in [0, 0.1) is 5.82 Å². The quantitative estimate of drug-likeness (QED) is 0.821. The first-order valence-corrected chi connectivity index (χ1v) is 4.96. The van der Waals surface area contributed by atoms with Crippen molar-refractivity contribution in [2.24, 2.45) is 5.73 Å². The number of ether oxygens (including phenoxy) is 2. The van der Waals surface area contributed by atoms with E-state index in [0.717, 1.165) is 0 Å². The molecule has 2 rings (SSSR count). The fourth-order valence-electron chi connectivity index (χ4n) is 1.79. The summed E-state index contributed by atoms with van der Waals surface area (Å²) in [5.41, 5.74) is 5.42. The average molecular weight is 227 g/mol. The van der Waals surface area contributed by atoms with Crippen molar-refractivity contribution in [3.8, 4) is 17.2 Å². The smallest absolute Gasteiger partial charge is 0.173 e. The molecule has 0 bridgehead atoms. The van der Waals surface area contributed by atoms with Gasteiger partial charge in [-0.1, -0.05) is 0 Å². The minimum Gasteiger partial charge on any atom is -0.505 e. The van der Waals surface area contributed by atoms with Crippen molar-refractivity contribution in [2.75, 3.05) is 14.2 Å². The normalized spacial score (nSPS) is 17.0. The van der Waals surface area contributed by atoms with E-state index in [9.17, 15) is 9.50 Å². The van der Waals surface area contributed by atoms with Gasteiger partial charge in [-0.2, -0.15) is 0 Å². The highest BCUT2D eigenvalue weighted by molar-refractivity contribution is 5.56. The largest absolute Gasteiger partial charge is 0.505 e. The highest BCUT2D eigenvalue weighted by Crippen LogP contribution is 2.52. The number of hydrogen-bond donors (Lipinski definition) is 2. The fraction of sp³-hybridized carbons (Fsp3) is 0.455. The standard InChI is InChI=1S/C11H14FNO3/c1-15-7-5-6(14)9(12)8(10(7)16-2)11(13)3-4-11/h5,14H,3-4,13H2,1-2H3. The SMILES string of the molecule is COc1cc(O)c(F)c(C2(N)CC2)c1OC. The highest BCUT2D eigenvalue weighted by atomic mass is 19.1. The van der Waals surface area contributed by atoms with Crippen molar-refractivity contribution in [3.05, 3.63) is 17.4 Å². The van der Waals surface area contributed by atoms with Crippen LogP contribution in [0.1, 0.15) is 18.4 Å². The average Bonchev–Trinajstić information content (AvgIpc) is 3.00. The van der Waals surface area contributed by atoms with Crippen LogP contribution in [0.3, 0.4) is 0 Å². The molecule has 4 nitrogen and oxygen atoms in total. The van der Waals surface area contributed by atoms with Crippen LogP contribution < -0.4 is 15.2 Å². The van der Waals surface area contributed by atoms with E-state index in [1.54, 1.807) is 0 Å². The third-order valence-corrected chi connectivity index (χ3v) is 2.87. The van der Waals surface area contributed by atoms with Crippen LogP contribution in [-0.2, 0) is 5.54 Å². The van der Waals surface area contributed by atoms with E-state index in [2.05, 4.69) is 0 Å². The molecular weight excluding hydrogens is 213 g/mol. The fourth-order valence-corrected chi connectivity index (χ4v) is 1.79. The third-order valence-electron chi connectivity index (χ3n) is 2.87. The first kappa shape index (κ1) is 11.0. The predicted molar refractivity (Wildman–Crippen MR) is 56.3 cm³/mol. The molecule has 0 unspecified atom stereocenters. The van der Waals surface area contributed by atoms with Gasteiger partial charge < -0.3 is 20.3 Å². The molecule has 1 fully saturated rings. The van der Waals surface area contributed by atoms with Crippen LogP contribution >= 0.6 is 0 Å². The van der Waals surface area contributed by atoms with E-state index < -0.39 is 17.1 Å². The monoisotopic (exact) mass is 227 g/mol. The minimum atomic E-state index is -0.735. The number of halogens is 1. The lowest BCUT2D eigenvalue weighted by molar-refractivity contribution is 0.335. The van der Waals surface area contributed by atoms with E-state index in [0.29, 0.717) is 12.8 Å². The number of phenolic OH excluding ortho intramolecular Hbond substituents is 1. The Morgan fingerprint density at radius 2 is 2.00 bits per heavy atom. The second kappa shape index (κ2) is 3.52. The summed E-state index contributed by atoms with van der Waals surface area (Å²) in [4.78, 5) is 0. The number of methoxy groups -OCH3 is 2. The zero-order valence-electron chi connectivity index (χ0n) is 9.21. The van der Waals surface area contributed by atoms with Crippen LogP contribution in [0.2, 0.25) is 0 Å². The summed E-state index contributed by atoms with van der Waals surface area (Å²) in [6, 6.07) is 1.18. The molecule has 1 aliphatic rings. The van der Waals surface area contributed by atoms with Gasteiger partial charge in [0.2, 0.25) is 0 Å². The maximum Gasteiger partial charge on any atom is 0.173 e. The van der Waals surface area contributed by atoms with Crippen LogP contribution in [0.15, 0.2) is 6.07 Å². The number of nitrogens with two attached hydrogens (primary N) is 1. The topological polar surface area (TPSA) is 64.7 Å². The van der Waals surface area contributed by atoms with Crippen LogP contribution in [0.4, 0.5) is 4.39 Å². The second-order valence-corrected chi connectivity index (χ2v) is 3.98. The van der Waals surface area contributed by atoms with E-state index in [-0.39, 0.29) is 17.1 Å². The summed E-state index contributed by atoms with van der Waals surface area (Å²) in [6.45, 7) is 0. The van der Waals surface area contributed by atoms with Crippen molar-refractivity contribution >= 4 is 0 Å². The maximum absolute atomic E-state index is 13.8. The van der Waals surface area contributed by atoms with Gasteiger partial charge >= 0.3 is 0 Å². The third kappa shape index (κ3) is 1.48. The van der Waals surface area contributed by atoms with Crippen LogP contribution in [0.25, 0.3) is 0 Å². The van der Waals surface area contributed by atoms with E-state index in [1.165, 1.54) is 20.3 Å². The molecule has 1 aliphatic carbocycles. The Labute approximate surface area is 92.8 Å². The Balaban J connectivity index is 2.67. The van der Waals surface area contributed by atoms with Gasteiger partial charge in [0.1, 0.15) is 0 Å². The zero-order valence-corrected chi connectivity index (χ0v) is 9.21. The Morgan fingerprint density at radius 3 is 2.44 bits per heavy atom. The number of hydrogen-bond acceptors (Lipinski definition) is 4. The van der Waals surface area contributed by atoms with Crippen LogP contribution in [-0.4, -0.2) is 19.3 Å². The maximum atomic E-state index is 13.8. The molecule has 0 aliphatic heterocycles. The molecule has 88 valence electrons. The first-order valence-electron chi connectivity index (χ1n) is 4.96. The predicted octanol–water partition coefficient (Wildman–Crippen LogP) is 1.50. The molecule has 1 aromatic carbocycles. The first-order chi connectivity index (χ1) is 7.53. The molecule has 3 N–H and O–H groups in total. The molecule has 0 heterocycles. The number of phenols is 1. The van der Waals surface area contributed by atoms with Gasteiger partial charge in [0.15, 0.2) is 23.1 Å². The lowest BCUT2D eigenvalue weighted by atomic mass is 10.0. The molecule has 16 heavy (non-hydrogen) atoms. The molecule has 1 saturated carbocycles. The molecule has 0 aromatic heterocycles. The zero-order chi connectivity index (χ0) is 11.9. The molecule has 0 spiro atoms. The van der Waals surface area contributed by atoms with Crippen LogP contribution in [0.5, 0.6) is 17.2 Å². The molecule has 5 heteroatoms.